The average molecular weight is 338 g/mol. The van der Waals surface area contributed by atoms with Gasteiger partial charge in [0.1, 0.15) is 5.82 Å². The van der Waals surface area contributed by atoms with E-state index in [2.05, 4.69) is 20.8 Å². The molecule has 5 nitrogen and oxygen atoms in total. The Morgan fingerprint density at radius 2 is 2.18 bits per heavy atom. The van der Waals surface area contributed by atoms with Gasteiger partial charge in [-0.15, -0.1) is 10.2 Å². The first-order chi connectivity index (χ1) is 10.7. The number of anilines is 1. The number of nitrogens with one attached hydrogen (secondary N) is 2. The van der Waals surface area contributed by atoms with E-state index in [4.69, 9.17) is 0 Å². The van der Waals surface area contributed by atoms with E-state index in [1.165, 1.54) is 42.0 Å². The molecule has 0 spiro atoms. The number of aromatic nitrogens is 2. The molecule has 2 N–H and O–H groups in total. The molecule has 1 heterocycles. The maximum atomic E-state index is 13.4. The van der Waals surface area contributed by atoms with Gasteiger partial charge < -0.3 is 10.6 Å². The van der Waals surface area contributed by atoms with Crippen molar-refractivity contribution in [2.24, 2.45) is 0 Å². The van der Waals surface area contributed by atoms with Gasteiger partial charge in [0.05, 0.1) is 5.75 Å². The highest BCUT2D eigenvalue weighted by Crippen LogP contribution is 2.30. The number of carbonyl (C=O) groups excluding carboxylic acids is 1. The van der Waals surface area contributed by atoms with Crippen LogP contribution in [0.2, 0.25) is 0 Å². The molecule has 0 radical (unpaired) electrons. The molecule has 0 bridgehead atoms. The van der Waals surface area contributed by atoms with Crippen molar-refractivity contribution in [3.05, 3.63) is 35.6 Å². The zero-order valence-electron chi connectivity index (χ0n) is 11.7. The van der Waals surface area contributed by atoms with Crippen LogP contribution in [0.3, 0.4) is 0 Å². The first-order valence-electron chi connectivity index (χ1n) is 6.93. The van der Waals surface area contributed by atoms with Gasteiger partial charge in [0.25, 0.3) is 0 Å². The fraction of sp³-hybridized carbons (Fsp3) is 0.357. The van der Waals surface area contributed by atoms with Crippen LogP contribution in [-0.2, 0) is 11.3 Å². The van der Waals surface area contributed by atoms with Crippen LogP contribution < -0.4 is 10.6 Å². The summed E-state index contributed by atoms with van der Waals surface area (Å²) < 4.78 is 14.2. The predicted octanol–water partition coefficient (Wildman–Crippen LogP) is 2.66. The Morgan fingerprint density at radius 1 is 1.36 bits per heavy atom. The molecule has 1 fully saturated rings. The molecule has 1 aromatic carbocycles. The van der Waals surface area contributed by atoms with E-state index in [1.807, 2.05) is 0 Å². The smallest absolute Gasteiger partial charge is 0.230 e. The minimum atomic E-state index is -0.310. The SMILES string of the molecule is O=C(CSc1nnc(NC2CC2)s1)NCc1ccccc1F. The van der Waals surface area contributed by atoms with Crippen molar-refractivity contribution in [2.45, 2.75) is 29.8 Å². The number of thioether (sulfide) groups is 1. The minimum absolute atomic E-state index is 0.153. The topological polar surface area (TPSA) is 66.9 Å². The quantitative estimate of drug-likeness (QED) is 0.760. The van der Waals surface area contributed by atoms with E-state index >= 15 is 0 Å². The molecule has 1 aliphatic carbocycles. The van der Waals surface area contributed by atoms with Crippen molar-refractivity contribution in [1.82, 2.24) is 15.5 Å². The van der Waals surface area contributed by atoms with E-state index in [0.717, 1.165) is 9.47 Å². The van der Waals surface area contributed by atoms with Gasteiger partial charge >= 0.3 is 0 Å². The van der Waals surface area contributed by atoms with Crippen LogP contribution in [0.25, 0.3) is 0 Å². The molecule has 0 unspecified atom stereocenters. The summed E-state index contributed by atoms with van der Waals surface area (Å²) in [5.41, 5.74) is 0.479. The number of carbonyl (C=O) groups is 1. The van der Waals surface area contributed by atoms with E-state index < -0.39 is 0 Å². The van der Waals surface area contributed by atoms with Gasteiger partial charge in [-0.05, 0) is 18.9 Å². The zero-order chi connectivity index (χ0) is 15.4. The monoisotopic (exact) mass is 338 g/mol. The Balaban J connectivity index is 1.42. The summed E-state index contributed by atoms with van der Waals surface area (Å²) in [5.74, 6) is -0.220. The Hall–Kier alpha value is -1.67. The second-order valence-corrected chi connectivity index (χ2v) is 7.15. The number of amides is 1. The number of benzene rings is 1. The van der Waals surface area contributed by atoms with Crippen LogP contribution in [0, 0.1) is 5.82 Å². The van der Waals surface area contributed by atoms with Crippen molar-refractivity contribution in [1.29, 1.82) is 0 Å². The van der Waals surface area contributed by atoms with E-state index in [-0.39, 0.29) is 24.0 Å². The van der Waals surface area contributed by atoms with Crippen LogP contribution >= 0.6 is 23.1 Å². The maximum Gasteiger partial charge on any atom is 0.230 e. The van der Waals surface area contributed by atoms with Gasteiger partial charge in [0.15, 0.2) is 4.34 Å². The van der Waals surface area contributed by atoms with Gasteiger partial charge in [-0.1, -0.05) is 41.3 Å². The van der Waals surface area contributed by atoms with Crippen molar-refractivity contribution in [3.63, 3.8) is 0 Å². The van der Waals surface area contributed by atoms with Crippen molar-refractivity contribution < 1.29 is 9.18 Å². The fourth-order valence-electron chi connectivity index (χ4n) is 1.74. The Kier molecular flexibility index (Phi) is 4.89. The first kappa shape index (κ1) is 15.2. The highest BCUT2D eigenvalue weighted by molar-refractivity contribution is 8.01. The second kappa shape index (κ2) is 7.06. The number of rotatable bonds is 7. The Morgan fingerprint density at radius 3 is 2.95 bits per heavy atom. The Labute approximate surface area is 135 Å². The third kappa shape index (κ3) is 4.41. The highest BCUT2D eigenvalue weighted by atomic mass is 32.2. The van der Waals surface area contributed by atoms with Crippen LogP contribution in [0.15, 0.2) is 28.6 Å². The molecule has 1 aromatic heterocycles. The van der Waals surface area contributed by atoms with Gasteiger partial charge in [-0.3, -0.25) is 4.79 Å². The van der Waals surface area contributed by atoms with Crippen LogP contribution in [0.5, 0.6) is 0 Å². The van der Waals surface area contributed by atoms with Crippen LogP contribution in [-0.4, -0.2) is 27.9 Å². The third-order valence-corrected chi connectivity index (χ3v) is 5.06. The minimum Gasteiger partial charge on any atom is -0.357 e. The molecule has 3 rings (SSSR count). The highest BCUT2D eigenvalue weighted by Gasteiger charge is 2.22. The lowest BCUT2D eigenvalue weighted by molar-refractivity contribution is -0.118. The molecule has 0 atom stereocenters. The summed E-state index contributed by atoms with van der Waals surface area (Å²) in [4.78, 5) is 11.8. The summed E-state index contributed by atoms with van der Waals surface area (Å²) in [6.07, 6.45) is 2.36. The summed E-state index contributed by atoms with van der Waals surface area (Å²) in [5, 5.41) is 14.8. The lowest BCUT2D eigenvalue weighted by atomic mass is 10.2. The molecule has 0 saturated heterocycles. The zero-order valence-corrected chi connectivity index (χ0v) is 13.3. The molecule has 2 aromatic rings. The molecule has 1 saturated carbocycles. The van der Waals surface area contributed by atoms with Crippen LogP contribution in [0.1, 0.15) is 18.4 Å². The van der Waals surface area contributed by atoms with Gasteiger partial charge in [-0.2, -0.15) is 0 Å². The lowest BCUT2D eigenvalue weighted by Crippen LogP contribution is -2.24. The van der Waals surface area contributed by atoms with Gasteiger partial charge in [-0.25, -0.2) is 4.39 Å². The molecule has 116 valence electrons. The van der Waals surface area contributed by atoms with Crippen LogP contribution in [0.4, 0.5) is 9.52 Å². The van der Waals surface area contributed by atoms with Gasteiger partial charge in [0, 0.05) is 18.2 Å². The Bertz CT molecular complexity index is 660. The summed E-state index contributed by atoms with van der Waals surface area (Å²) in [7, 11) is 0. The normalized spacial score (nSPS) is 13.9. The molecule has 1 aliphatic rings. The number of hydrogen-bond acceptors (Lipinski definition) is 6. The molecule has 0 aliphatic heterocycles. The molecule has 1 amide bonds. The molecular formula is C14H15FN4OS2. The largest absolute Gasteiger partial charge is 0.357 e. The lowest BCUT2D eigenvalue weighted by Gasteiger charge is -2.05. The number of nitrogens with zero attached hydrogens (tertiary/aromatic N) is 2. The fourth-order valence-corrected chi connectivity index (χ4v) is 3.40. The predicted molar refractivity (Wildman–Crippen MR) is 85.5 cm³/mol. The van der Waals surface area contributed by atoms with E-state index in [9.17, 15) is 9.18 Å². The van der Waals surface area contributed by atoms with Crippen molar-refractivity contribution in [2.75, 3.05) is 11.1 Å². The third-order valence-electron chi connectivity index (χ3n) is 3.07. The first-order valence-corrected chi connectivity index (χ1v) is 8.74. The number of hydrogen-bond donors (Lipinski definition) is 2. The standard InChI is InChI=1S/C14H15FN4OS2/c15-11-4-2-1-3-9(11)7-16-12(20)8-21-14-19-18-13(22-14)17-10-5-6-10/h1-4,10H,5-8H2,(H,16,20)(H,17,18). The second-order valence-electron chi connectivity index (χ2n) is 4.95. The molecule has 22 heavy (non-hydrogen) atoms. The summed E-state index contributed by atoms with van der Waals surface area (Å²) >= 11 is 2.79. The van der Waals surface area contributed by atoms with Gasteiger partial charge in [0.2, 0.25) is 11.0 Å². The molecule has 8 heteroatoms. The molecular weight excluding hydrogens is 323 g/mol. The maximum absolute atomic E-state index is 13.4. The van der Waals surface area contributed by atoms with E-state index in [0.29, 0.717) is 11.6 Å². The average Bonchev–Trinajstić information content (AvgIpc) is 3.21. The summed E-state index contributed by atoms with van der Waals surface area (Å²) in [6.45, 7) is 0.191. The van der Waals surface area contributed by atoms with E-state index in [1.54, 1.807) is 18.2 Å². The number of halogens is 1. The summed E-state index contributed by atoms with van der Waals surface area (Å²) in [6, 6.07) is 6.94. The van der Waals surface area contributed by atoms with Crippen molar-refractivity contribution >= 4 is 34.1 Å². The van der Waals surface area contributed by atoms with Crippen molar-refractivity contribution in [3.8, 4) is 0 Å².